The van der Waals surface area contributed by atoms with Crippen molar-refractivity contribution in [3.8, 4) is 0 Å². The number of halogens is 3. The maximum absolute atomic E-state index is 12.5. The molecular formula is C11H10F3N5O2. The molecular weight excluding hydrogens is 291 g/mol. The molecule has 2 aromatic heterocycles. The molecule has 3 heterocycles. The van der Waals surface area contributed by atoms with E-state index in [9.17, 15) is 22.8 Å². The van der Waals surface area contributed by atoms with Gasteiger partial charge in [-0.3, -0.25) is 9.36 Å². The van der Waals surface area contributed by atoms with Crippen LogP contribution in [0.5, 0.6) is 0 Å². The topological polar surface area (TPSA) is 86.8 Å². The summed E-state index contributed by atoms with van der Waals surface area (Å²) in [4.78, 5) is 26.9. The Morgan fingerprint density at radius 2 is 2.05 bits per heavy atom. The number of nitrogens with one attached hydrogen (secondary N) is 2. The van der Waals surface area contributed by atoms with Crippen molar-refractivity contribution >= 4 is 5.91 Å². The largest absolute Gasteiger partial charge is 0.431 e. The number of nitrogens with zero attached hydrogens (tertiary/aromatic N) is 3. The first-order valence-corrected chi connectivity index (χ1v) is 6.06. The summed E-state index contributed by atoms with van der Waals surface area (Å²) in [5.74, 6) is -0.186. The second-order valence-electron chi connectivity index (χ2n) is 4.61. The van der Waals surface area contributed by atoms with E-state index in [0.29, 0.717) is 5.82 Å². The van der Waals surface area contributed by atoms with E-state index in [4.69, 9.17) is 0 Å². The Balaban J connectivity index is 1.81. The minimum absolute atomic E-state index is 0.0674. The maximum atomic E-state index is 12.5. The van der Waals surface area contributed by atoms with Crippen LogP contribution in [0.15, 0.2) is 16.9 Å². The number of rotatable bonds is 1. The van der Waals surface area contributed by atoms with Crippen LogP contribution in [-0.4, -0.2) is 37.1 Å². The first-order valence-electron chi connectivity index (χ1n) is 6.06. The standard InChI is InChI=1S/C11H10F3N5O2/c12-11(13,14)7-2-1-6(15-7)9(20)18-3-4-19-8(5-18)16-17-10(19)21/h1-2,15H,3-5H2,(H,17,21). The van der Waals surface area contributed by atoms with Crippen LogP contribution in [0.3, 0.4) is 0 Å². The molecule has 1 aliphatic heterocycles. The molecule has 1 aliphatic rings. The molecule has 3 rings (SSSR count). The zero-order valence-corrected chi connectivity index (χ0v) is 10.6. The Hall–Kier alpha value is -2.52. The van der Waals surface area contributed by atoms with E-state index in [1.165, 1.54) is 9.47 Å². The van der Waals surface area contributed by atoms with E-state index in [1.807, 2.05) is 0 Å². The molecule has 7 nitrogen and oxygen atoms in total. The monoisotopic (exact) mass is 301 g/mol. The van der Waals surface area contributed by atoms with Crippen LogP contribution in [-0.2, 0) is 19.3 Å². The molecule has 0 saturated carbocycles. The van der Waals surface area contributed by atoms with Crippen LogP contribution in [0.2, 0.25) is 0 Å². The van der Waals surface area contributed by atoms with Crippen LogP contribution in [0.4, 0.5) is 13.2 Å². The molecule has 112 valence electrons. The molecule has 0 saturated heterocycles. The maximum Gasteiger partial charge on any atom is 0.431 e. The predicted octanol–water partition coefficient (Wildman–Crippen LogP) is 0.574. The van der Waals surface area contributed by atoms with Crippen molar-refractivity contribution in [3.63, 3.8) is 0 Å². The van der Waals surface area contributed by atoms with Gasteiger partial charge in [0.2, 0.25) is 0 Å². The van der Waals surface area contributed by atoms with Crippen LogP contribution in [0, 0.1) is 0 Å². The molecule has 0 unspecified atom stereocenters. The van der Waals surface area contributed by atoms with Gasteiger partial charge in [0, 0.05) is 13.1 Å². The quantitative estimate of drug-likeness (QED) is 0.807. The highest BCUT2D eigenvalue weighted by atomic mass is 19.4. The molecule has 0 aromatic carbocycles. The molecule has 0 atom stereocenters. The first kappa shape index (κ1) is 13.5. The average molecular weight is 301 g/mol. The van der Waals surface area contributed by atoms with Crippen molar-refractivity contribution in [1.29, 1.82) is 0 Å². The lowest BCUT2D eigenvalue weighted by molar-refractivity contribution is -0.140. The third-order valence-corrected chi connectivity index (χ3v) is 3.27. The Kier molecular flexibility index (Phi) is 2.88. The zero-order chi connectivity index (χ0) is 15.2. The van der Waals surface area contributed by atoms with Gasteiger partial charge in [-0.15, -0.1) is 0 Å². The van der Waals surface area contributed by atoms with E-state index < -0.39 is 17.8 Å². The van der Waals surface area contributed by atoms with Crippen molar-refractivity contribution in [3.05, 3.63) is 39.8 Å². The van der Waals surface area contributed by atoms with Crippen molar-refractivity contribution in [2.24, 2.45) is 0 Å². The Bertz CT molecular complexity index is 742. The second kappa shape index (κ2) is 4.50. The minimum atomic E-state index is -4.52. The fraction of sp³-hybridized carbons (Fsp3) is 0.364. The van der Waals surface area contributed by atoms with Gasteiger partial charge < -0.3 is 9.88 Å². The molecule has 0 fully saturated rings. The third-order valence-electron chi connectivity index (χ3n) is 3.27. The number of aromatic nitrogens is 4. The van der Waals surface area contributed by atoms with Gasteiger partial charge in [-0.1, -0.05) is 0 Å². The molecule has 0 spiro atoms. The van der Waals surface area contributed by atoms with Gasteiger partial charge in [0.15, 0.2) is 5.82 Å². The van der Waals surface area contributed by atoms with Crippen LogP contribution in [0.25, 0.3) is 0 Å². The first-order chi connectivity index (χ1) is 9.86. The molecule has 2 N–H and O–H groups in total. The number of carbonyl (C=O) groups is 1. The predicted molar refractivity (Wildman–Crippen MR) is 63.4 cm³/mol. The SMILES string of the molecule is O=C(c1ccc(C(F)(F)F)[nH]1)N1CCn2c(n[nH]c2=O)C1. The van der Waals surface area contributed by atoms with E-state index in [0.717, 1.165) is 12.1 Å². The number of fused-ring (bicyclic) bond motifs is 1. The summed E-state index contributed by atoms with van der Waals surface area (Å²) >= 11 is 0. The van der Waals surface area contributed by atoms with Gasteiger partial charge in [0.25, 0.3) is 5.91 Å². The molecule has 1 amide bonds. The summed E-state index contributed by atoms with van der Waals surface area (Å²) < 4.78 is 38.9. The Morgan fingerprint density at radius 1 is 1.29 bits per heavy atom. The summed E-state index contributed by atoms with van der Waals surface area (Å²) in [6, 6.07) is 1.92. The second-order valence-corrected chi connectivity index (χ2v) is 4.61. The fourth-order valence-corrected chi connectivity index (χ4v) is 2.20. The number of hydrogen-bond donors (Lipinski definition) is 2. The van der Waals surface area contributed by atoms with Gasteiger partial charge in [-0.2, -0.15) is 18.3 Å². The molecule has 2 aromatic rings. The number of H-pyrrole nitrogens is 2. The van der Waals surface area contributed by atoms with Crippen molar-refractivity contribution < 1.29 is 18.0 Å². The lowest BCUT2D eigenvalue weighted by atomic mass is 10.3. The van der Waals surface area contributed by atoms with Crippen LogP contribution in [0.1, 0.15) is 22.0 Å². The lowest BCUT2D eigenvalue weighted by Gasteiger charge is -2.26. The molecule has 21 heavy (non-hydrogen) atoms. The highest BCUT2D eigenvalue weighted by Gasteiger charge is 2.33. The smallest absolute Gasteiger partial charge is 0.347 e. The third kappa shape index (κ3) is 2.32. The Labute approximate surface area is 115 Å². The van der Waals surface area contributed by atoms with Crippen LogP contribution < -0.4 is 5.69 Å². The van der Waals surface area contributed by atoms with Gasteiger partial charge in [-0.25, -0.2) is 9.89 Å². The summed E-state index contributed by atoms with van der Waals surface area (Å²) in [6.07, 6.45) is -4.52. The zero-order valence-electron chi connectivity index (χ0n) is 10.6. The number of carbonyl (C=O) groups excluding carboxylic acids is 1. The van der Waals surface area contributed by atoms with Crippen molar-refractivity contribution in [2.75, 3.05) is 6.54 Å². The number of aromatic amines is 2. The summed E-state index contributed by atoms with van der Waals surface area (Å²) in [5, 5.41) is 6.03. The van der Waals surface area contributed by atoms with Gasteiger partial charge in [-0.05, 0) is 12.1 Å². The summed E-state index contributed by atoms with van der Waals surface area (Å²) in [6.45, 7) is 0.548. The van der Waals surface area contributed by atoms with Crippen molar-refractivity contribution in [1.82, 2.24) is 24.6 Å². The van der Waals surface area contributed by atoms with Gasteiger partial charge in [0.05, 0.1) is 6.54 Å². The van der Waals surface area contributed by atoms with E-state index in [-0.39, 0.29) is 31.0 Å². The number of hydrogen-bond acceptors (Lipinski definition) is 3. The summed E-state index contributed by atoms with van der Waals surface area (Å²) in [5.41, 5.74) is -1.48. The molecule has 10 heteroatoms. The molecule has 0 aliphatic carbocycles. The van der Waals surface area contributed by atoms with Crippen LogP contribution >= 0.6 is 0 Å². The fourth-order valence-electron chi connectivity index (χ4n) is 2.20. The van der Waals surface area contributed by atoms with E-state index in [1.54, 1.807) is 0 Å². The normalized spacial score (nSPS) is 15.1. The van der Waals surface area contributed by atoms with E-state index in [2.05, 4.69) is 15.2 Å². The number of amides is 1. The highest BCUT2D eigenvalue weighted by molar-refractivity contribution is 5.92. The van der Waals surface area contributed by atoms with Gasteiger partial charge >= 0.3 is 11.9 Å². The van der Waals surface area contributed by atoms with E-state index >= 15 is 0 Å². The average Bonchev–Trinajstić information content (AvgIpc) is 3.05. The van der Waals surface area contributed by atoms with Gasteiger partial charge in [0.1, 0.15) is 11.4 Å². The minimum Gasteiger partial charge on any atom is -0.347 e. The lowest BCUT2D eigenvalue weighted by Crippen LogP contribution is -2.40. The van der Waals surface area contributed by atoms with Crippen molar-refractivity contribution in [2.45, 2.75) is 19.3 Å². The molecule has 0 bridgehead atoms. The Morgan fingerprint density at radius 3 is 2.71 bits per heavy atom. The highest BCUT2D eigenvalue weighted by Crippen LogP contribution is 2.28. The summed E-state index contributed by atoms with van der Waals surface area (Å²) in [7, 11) is 0. The number of alkyl halides is 3. The molecule has 0 radical (unpaired) electrons.